The zero-order chi connectivity index (χ0) is 20.2. The fourth-order valence-electron chi connectivity index (χ4n) is 3.82. The fraction of sp³-hybridized carbons (Fsp3) is 0.364. The first kappa shape index (κ1) is 19.4. The molecule has 0 aliphatic carbocycles. The topological polar surface area (TPSA) is 58.7 Å². The van der Waals surface area contributed by atoms with Crippen molar-refractivity contribution in [2.45, 2.75) is 25.9 Å². The third-order valence-corrected chi connectivity index (χ3v) is 5.38. The summed E-state index contributed by atoms with van der Waals surface area (Å²) >= 11 is 0. The highest BCUT2D eigenvalue weighted by Gasteiger charge is 2.20. The average Bonchev–Trinajstić information content (AvgIpc) is 2.87. The summed E-state index contributed by atoms with van der Waals surface area (Å²) in [6.45, 7) is 4.09. The zero-order valence-corrected chi connectivity index (χ0v) is 16.2. The number of carbonyl (C=O) groups is 1. The number of carbonyl (C=O) groups excluding carboxylic acids is 1. The molecule has 1 aromatic heterocycles. The molecule has 152 valence electrons. The minimum Gasteiger partial charge on any atom is -0.408 e. The normalized spacial score (nSPS) is 15.6. The van der Waals surface area contributed by atoms with Gasteiger partial charge in [-0.15, -0.1) is 0 Å². The Balaban J connectivity index is 1.33. The van der Waals surface area contributed by atoms with E-state index in [2.05, 4.69) is 4.90 Å². The molecule has 3 aromatic rings. The summed E-state index contributed by atoms with van der Waals surface area (Å²) in [5.74, 6) is -0.614. The van der Waals surface area contributed by atoms with Gasteiger partial charge < -0.3 is 9.32 Å². The molecule has 6 nitrogen and oxygen atoms in total. The van der Waals surface area contributed by atoms with Crippen LogP contribution in [0, 0.1) is 5.82 Å². The van der Waals surface area contributed by atoms with Crippen LogP contribution in [-0.4, -0.2) is 46.5 Å². The van der Waals surface area contributed by atoms with Gasteiger partial charge >= 0.3 is 5.76 Å². The van der Waals surface area contributed by atoms with Crippen LogP contribution in [0.5, 0.6) is 0 Å². The Hall–Kier alpha value is -2.93. The molecule has 0 saturated carbocycles. The van der Waals surface area contributed by atoms with Crippen LogP contribution in [0.4, 0.5) is 4.39 Å². The molecular weight excluding hydrogens is 373 g/mol. The molecule has 2 aromatic carbocycles. The highest BCUT2D eigenvalue weighted by atomic mass is 19.1. The van der Waals surface area contributed by atoms with Crippen LogP contribution >= 0.6 is 0 Å². The van der Waals surface area contributed by atoms with Gasteiger partial charge in [-0.1, -0.05) is 24.3 Å². The molecular formula is C22H24FN3O3. The maximum atomic E-state index is 13.1. The van der Waals surface area contributed by atoms with Crippen LogP contribution in [-0.2, 0) is 17.9 Å². The van der Waals surface area contributed by atoms with Gasteiger partial charge in [0.1, 0.15) is 5.82 Å². The van der Waals surface area contributed by atoms with Gasteiger partial charge in [-0.3, -0.25) is 14.3 Å². The fourth-order valence-corrected chi connectivity index (χ4v) is 3.82. The van der Waals surface area contributed by atoms with Crippen LogP contribution in [0.1, 0.15) is 18.4 Å². The Morgan fingerprint density at radius 3 is 2.62 bits per heavy atom. The van der Waals surface area contributed by atoms with Gasteiger partial charge in [-0.2, -0.15) is 0 Å². The highest BCUT2D eigenvalue weighted by Crippen LogP contribution is 2.14. The van der Waals surface area contributed by atoms with Gasteiger partial charge in [0, 0.05) is 45.7 Å². The molecule has 1 aliphatic rings. The predicted octanol–water partition coefficient (Wildman–Crippen LogP) is 2.86. The second kappa shape index (κ2) is 8.61. The van der Waals surface area contributed by atoms with E-state index in [0.717, 1.165) is 31.6 Å². The second-order valence-electron chi connectivity index (χ2n) is 7.37. The van der Waals surface area contributed by atoms with Gasteiger partial charge in [0.05, 0.1) is 5.52 Å². The standard InChI is InChI=1S/C22H24FN3O3/c23-18-8-6-17(7-9-18)16-24-11-3-12-25(15-14-24)21(27)10-13-26-19-4-1-2-5-20(19)29-22(26)28/h1-2,4-9H,3,10-16H2. The van der Waals surface area contributed by atoms with Gasteiger partial charge in [-0.25, -0.2) is 9.18 Å². The van der Waals surface area contributed by atoms with Crippen LogP contribution in [0.15, 0.2) is 57.7 Å². The SMILES string of the molecule is O=C(CCn1c(=O)oc2ccccc21)N1CCCN(Cc2ccc(F)cc2)CC1. The van der Waals surface area contributed by atoms with Gasteiger partial charge in [-0.05, 0) is 36.2 Å². The first-order valence-electron chi connectivity index (χ1n) is 9.93. The van der Waals surface area contributed by atoms with Crippen molar-refractivity contribution in [1.82, 2.24) is 14.4 Å². The molecule has 2 heterocycles. The van der Waals surface area contributed by atoms with E-state index in [1.165, 1.54) is 16.7 Å². The maximum absolute atomic E-state index is 13.1. The molecule has 7 heteroatoms. The lowest BCUT2D eigenvalue weighted by Gasteiger charge is -2.22. The largest absolute Gasteiger partial charge is 0.419 e. The minimum absolute atomic E-state index is 0.0470. The molecule has 0 bridgehead atoms. The number of oxazole rings is 1. The summed E-state index contributed by atoms with van der Waals surface area (Å²) in [5.41, 5.74) is 2.32. The molecule has 0 spiro atoms. The maximum Gasteiger partial charge on any atom is 0.419 e. The lowest BCUT2D eigenvalue weighted by molar-refractivity contribution is -0.131. The van der Waals surface area contributed by atoms with Crippen molar-refractivity contribution in [1.29, 1.82) is 0 Å². The van der Waals surface area contributed by atoms with Crippen molar-refractivity contribution in [2.24, 2.45) is 0 Å². The number of aromatic nitrogens is 1. The molecule has 0 unspecified atom stereocenters. The number of aryl methyl sites for hydroxylation is 1. The zero-order valence-electron chi connectivity index (χ0n) is 16.2. The summed E-state index contributed by atoms with van der Waals surface area (Å²) in [6, 6.07) is 13.8. The van der Waals surface area contributed by atoms with Crippen LogP contribution in [0.2, 0.25) is 0 Å². The molecule has 0 N–H and O–H groups in total. The van der Waals surface area contributed by atoms with Crippen molar-refractivity contribution in [3.63, 3.8) is 0 Å². The van der Waals surface area contributed by atoms with Crippen LogP contribution < -0.4 is 5.76 Å². The van der Waals surface area contributed by atoms with E-state index in [1.54, 1.807) is 18.2 Å². The van der Waals surface area contributed by atoms with E-state index in [0.29, 0.717) is 30.7 Å². The van der Waals surface area contributed by atoms with Crippen LogP contribution in [0.25, 0.3) is 11.1 Å². The van der Waals surface area contributed by atoms with E-state index >= 15 is 0 Å². The minimum atomic E-state index is -0.430. The number of benzene rings is 2. The molecule has 29 heavy (non-hydrogen) atoms. The average molecular weight is 397 g/mol. The predicted molar refractivity (Wildman–Crippen MR) is 108 cm³/mol. The Morgan fingerprint density at radius 1 is 1.00 bits per heavy atom. The number of rotatable bonds is 5. The molecule has 1 saturated heterocycles. The first-order chi connectivity index (χ1) is 14.1. The number of para-hydroxylation sites is 2. The molecule has 0 atom stereocenters. The summed E-state index contributed by atoms with van der Waals surface area (Å²) in [6.07, 6.45) is 1.16. The van der Waals surface area contributed by atoms with Gasteiger partial charge in [0.2, 0.25) is 5.91 Å². The monoisotopic (exact) mass is 397 g/mol. The Kier molecular flexibility index (Phi) is 5.76. The lowest BCUT2D eigenvalue weighted by atomic mass is 10.2. The summed E-state index contributed by atoms with van der Waals surface area (Å²) in [4.78, 5) is 28.9. The number of nitrogens with zero attached hydrogens (tertiary/aromatic N) is 3. The molecule has 1 amide bonds. The summed E-state index contributed by atoms with van der Waals surface area (Å²) < 4.78 is 19.8. The first-order valence-corrected chi connectivity index (χ1v) is 9.93. The van der Waals surface area contributed by atoms with E-state index in [1.807, 2.05) is 23.1 Å². The molecule has 0 radical (unpaired) electrons. The van der Waals surface area contributed by atoms with Crippen molar-refractivity contribution < 1.29 is 13.6 Å². The van der Waals surface area contributed by atoms with E-state index in [4.69, 9.17) is 4.42 Å². The Bertz CT molecular complexity index is 1040. The Labute approximate surface area is 168 Å². The van der Waals surface area contributed by atoms with Crippen molar-refractivity contribution >= 4 is 17.0 Å². The molecule has 1 aliphatic heterocycles. The summed E-state index contributed by atoms with van der Waals surface area (Å²) in [7, 11) is 0. The third kappa shape index (κ3) is 4.56. The van der Waals surface area contributed by atoms with Gasteiger partial charge in [0.25, 0.3) is 0 Å². The third-order valence-electron chi connectivity index (χ3n) is 5.38. The number of hydrogen-bond acceptors (Lipinski definition) is 4. The van der Waals surface area contributed by atoms with E-state index in [9.17, 15) is 14.0 Å². The van der Waals surface area contributed by atoms with Gasteiger partial charge in [0.15, 0.2) is 5.58 Å². The molecule has 4 rings (SSSR count). The number of hydrogen-bond donors (Lipinski definition) is 0. The lowest BCUT2D eigenvalue weighted by Crippen LogP contribution is -2.35. The molecule has 1 fully saturated rings. The van der Waals surface area contributed by atoms with Crippen LogP contribution in [0.3, 0.4) is 0 Å². The smallest absolute Gasteiger partial charge is 0.408 e. The van der Waals surface area contributed by atoms with Crippen molar-refractivity contribution in [3.05, 3.63) is 70.5 Å². The van der Waals surface area contributed by atoms with E-state index in [-0.39, 0.29) is 18.1 Å². The number of fused-ring (bicyclic) bond motifs is 1. The van der Waals surface area contributed by atoms with E-state index < -0.39 is 5.76 Å². The highest BCUT2D eigenvalue weighted by molar-refractivity contribution is 5.77. The number of halogens is 1. The Morgan fingerprint density at radius 2 is 1.79 bits per heavy atom. The van der Waals surface area contributed by atoms with Crippen molar-refractivity contribution in [3.8, 4) is 0 Å². The van der Waals surface area contributed by atoms with Crippen molar-refractivity contribution in [2.75, 3.05) is 26.2 Å². The number of amides is 1. The summed E-state index contributed by atoms with van der Waals surface area (Å²) in [5, 5.41) is 0. The second-order valence-corrected chi connectivity index (χ2v) is 7.37. The quantitative estimate of drug-likeness (QED) is 0.664.